The van der Waals surface area contributed by atoms with Crippen LogP contribution in [0.5, 0.6) is 0 Å². The van der Waals surface area contributed by atoms with Gasteiger partial charge in [-0.3, -0.25) is 0 Å². The van der Waals surface area contributed by atoms with Crippen molar-refractivity contribution in [3.63, 3.8) is 0 Å². The maximum atomic E-state index is 2.53. The molecule has 0 aromatic rings. The Morgan fingerprint density at radius 3 is 1.93 bits per heavy atom. The molecule has 0 aliphatic heterocycles. The molecule has 14 heavy (non-hydrogen) atoms. The number of rotatable bonds is 1. The van der Waals surface area contributed by atoms with Gasteiger partial charge in [-0.2, -0.15) is 0 Å². The smallest absolute Gasteiger partial charge is 0.0274 e. The average molecular weight is 194 g/mol. The predicted molar refractivity (Wildman–Crippen MR) is 62.3 cm³/mol. The van der Waals surface area contributed by atoms with Crippen molar-refractivity contribution in [1.82, 2.24) is 0 Å². The van der Waals surface area contributed by atoms with Crippen LogP contribution in [0.2, 0.25) is 0 Å². The average Bonchev–Trinajstić information content (AvgIpc) is 2.11. The third-order valence-electron chi connectivity index (χ3n) is 5.38. The molecule has 0 aromatic carbocycles. The summed E-state index contributed by atoms with van der Waals surface area (Å²) in [5.41, 5.74) is 1.46. The molecule has 3 aliphatic carbocycles. The fraction of sp³-hybridized carbons (Fsp3) is 1.00. The topological polar surface area (TPSA) is 0 Å². The number of fused-ring (bicyclic) bond motifs is 5. The van der Waals surface area contributed by atoms with E-state index in [2.05, 4.69) is 20.8 Å². The normalized spacial score (nSPS) is 43.7. The summed E-state index contributed by atoms with van der Waals surface area (Å²) in [4.78, 5) is 0. The number of hydrogen-bond acceptors (Lipinski definition) is 0. The molecule has 3 fully saturated rings. The van der Waals surface area contributed by atoms with Crippen molar-refractivity contribution in [1.29, 1.82) is 0 Å². The summed E-state index contributed by atoms with van der Waals surface area (Å²) in [7, 11) is 0. The van der Waals surface area contributed by atoms with Gasteiger partial charge in [0.2, 0.25) is 0 Å². The van der Waals surface area contributed by atoms with Crippen LogP contribution in [0.3, 0.4) is 0 Å². The summed E-state index contributed by atoms with van der Waals surface area (Å²) in [5.74, 6) is 0.908. The fourth-order valence-corrected chi connectivity index (χ4v) is 3.75. The van der Waals surface area contributed by atoms with Crippen LogP contribution in [0, 0.1) is 16.7 Å². The van der Waals surface area contributed by atoms with Crippen molar-refractivity contribution < 1.29 is 0 Å². The minimum Gasteiger partial charge on any atom is -0.0622 e. The molecular formula is C14H26. The first kappa shape index (κ1) is 10.5. The van der Waals surface area contributed by atoms with Gasteiger partial charge in [0.05, 0.1) is 0 Å². The largest absolute Gasteiger partial charge is 0.0622 e. The molecule has 0 nitrogen and oxygen atoms in total. The highest BCUT2D eigenvalue weighted by Crippen LogP contribution is 2.55. The van der Waals surface area contributed by atoms with Crippen LogP contribution in [-0.2, 0) is 0 Å². The Morgan fingerprint density at radius 2 is 1.36 bits per heavy atom. The highest BCUT2D eigenvalue weighted by atomic mass is 14.5. The molecule has 0 heteroatoms. The molecule has 0 unspecified atom stereocenters. The standard InChI is InChI=1S/C14H26/c1-12(2)14-7-5-4-6-13(3,8-10-14)9-11-14/h12H,4-11H2,1-3H3. The van der Waals surface area contributed by atoms with Gasteiger partial charge in [0.1, 0.15) is 0 Å². The van der Waals surface area contributed by atoms with E-state index in [1.807, 2.05) is 0 Å². The van der Waals surface area contributed by atoms with E-state index >= 15 is 0 Å². The molecule has 82 valence electrons. The predicted octanol–water partition coefficient (Wildman–Crippen LogP) is 4.78. The van der Waals surface area contributed by atoms with Gasteiger partial charge < -0.3 is 0 Å². The molecule has 3 saturated carbocycles. The second-order valence-electron chi connectivity index (χ2n) is 6.53. The summed E-state index contributed by atoms with van der Waals surface area (Å²) in [6, 6.07) is 0. The van der Waals surface area contributed by atoms with Crippen LogP contribution >= 0.6 is 0 Å². The molecule has 3 rings (SSSR count). The molecule has 2 bridgehead atoms. The Labute approximate surface area is 89.5 Å². The summed E-state index contributed by atoms with van der Waals surface area (Å²) in [6.07, 6.45) is 12.0. The first-order valence-electron chi connectivity index (χ1n) is 6.56. The lowest BCUT2D eigenvalue weighted by atomic mass is 9.56. The van der Waals surface area contributed by atoms with Crippen molar-refractivity contribution in [2.24, 2.45) is 16.7 Å². The maximum absolute atomic E-state index is 2.53. The van der Waals surface area contributed by atoms with Gasteiger partial charge in [-0.05, 0) is 55.3 Å². The molecule has 0 spiro atoms. The Kier molecular flexibility index (Phi) is 2.66. The highest BCUT2D eigenvalue weighted by molar-refractivity contribution is 4.94. The Hall–Kier alpha value is 0. The van der Waals surface area contributed by atoms with Gasteiger partial charge in [-0.1, -0.05) is 33.6 Å². The SMILES string of the molecule is CC(C)C12CCCCC(C)(CC1)CC2. The van der Waals surface area contributed by atoms with Crippen LogP contribution < -0.4 is 0 Å². The summed E-state index contributed by atoms with van der Waals surface area (Å²) in [6.45, 7) is 7.43. The van der Waals surface area contributed by atoms with E-state index in [0.717, 1.165) is 16.7 Å². The first-order valence-corrected chi connectivity index (χ1v) is 6.56. The summed E-state index contributed by atoms with van der Waals surface area (Å²) in [5, 5.41) is 0. The first-order chi connectivity index (χ1) is 6.56. The molecule has 0 heterocycles. The maximum Gasteiger partial charge on any atom is -0.0274 e. The van der Waals surface area contributed by atoms with Gasteiger partial charge in [0.25, 0.3) is 0 Å². The van der Waals surface area contributed by atoms with Crippen molar-refractivity contribution in [2.45, 2.75) is 72.1 Å². The van der Waals surface area contributed by atoms with Crippen LogP contribution in [0.25, 0.3) is 0 Å². The lowest BCUT2D eigenvalue weighted by Gasteiger charge is -2.50. The van der Waals surface area contributed by atoms with Crippen LogP contribution in [-0.4, -0.2) is 0 Å². The van der Waals surface area contributed by atoms with Crippen LogP contribution in [0.15, 0.2) is 0 Å². The van der Waals surface area contributed by atoms with Gasteiger partial charge in [0, 0.05) is 0 Å². The molecule has 0 N–H and O–H groups in total. The summed E-state index contributed by atoms with van der Waals surface area (Å²) >= 11 is 0. The monoisotopic (exact) mass is 194 g/mol. The van der Waals surface area contributed by atoms with Crippen LogP contribution in [0.1, 0.15) is 72.1 Å². The molecule has 0 radical (unpaired) electrons. The molecule has 0 amide bonds. The molecule has 0 saturated heterocycles. The van der Waals surface area contributed by atoms with Crippen molar-refractivity contribution in [2.75, 3.05) is 0 Å². The Bertz CT molecular complexity index is 194. The van der Waals surface area contributed by atoms with E-state index in [1.165, 1.54) is 51.4 Å². The zero-order valence-corrected chi connectivity index (χ0v) is 10.2. The number of hydrogen-bond donors (Lipinski definition) is 0. The van der Waals surface area contributed by atoms with Gasteiger partial charge in [-0.15, -0.1) is 0 Å². The van der Waals surface area contributed by atoms with Gasteiger partial charge >= 0.3 is 0 Å². The third kappa shape index (κ3) is 1.73. The Morgan fingerprint density at radius 1 is 0.786 bits per heavy atom. The van der Waals surface area contributed by atoms with E-state index in [4.69, 9.17) is 0 Å². The molecule has 0 atom stereocenters. The minimum atomic E-state index is 0.721. The van der Waals surface area contributed by atoms with E-state index in [1.54, 1.807) is 0 Å². The van der Waals surface area contributed by atoms with Crippen molar-refractivity contribution in [3.05, 3.63) is 0 Å². The van der Waals surface area contributed by atoms with Crippen molar-refractivity contribution in [3.8, 4) is 0 Å². The van der Waals surface area contributed by atoms with Crippen molar-refractivity contribution >= 4 is 0 Å². The molecular weight excluding hydrogens is 168 g/mol. The highest BCUT2D eigenvalue weighted by Gasteiger charge is 2.42. The van der Waals surface area contributed by atoms with Gasteiger partial charge in [-0.25, -0.2) is 0 Å². The lowest BCUT2D eigenvalue weighted by Crippen LogP contribution is -2.38. The Balaban J connectivity index is 2.15. The quantitative estimate of drug-likeness (QED) is 0.563. The van der Waals surface area contributed by atoms with E-state index in [-0.39, 0.29) is 0 Å². The molecule has 3 aliphatic rings. The zero-order valence-electron chi connectivity index (χ0n) is 10.2. The second-order valence-corrected chi connectivity index (χ2v) is 6.53. The third-order valence-corrected chi connectivity index (χ3v) is 5.38. The second kappa shape index (κ2) is 3.54. The van der Waals surface area contributed by atoms with E-state index in [9.17, 15) is 0 Å². The van der Waals surface area contributed by atoms with E-state index < -0.39 is 0 Å². The van der Waals surface area contributed by atoms with Gasteiger partial charge in [0.15, 0.2) is 0 Å². The zero-order chi connectivity index (χ0) is 10.2. The molecule has 0 aromatic heterocycles. The van der Waals surface area contributed by atoms with Crippen LogP contribution in [0.4, 0.5) is 0 Å². The lowest BCUT2D eigenvalue weighted by molar-refractivity contribution is 0.0161. The van der Waals surface area contributed by atoms with E-state index in [0.29, 0.717) is 0 Å². The summed E-state index contributed by atoms with van der Waals surface area (Å²) < 4.78 is 0. The fourth-order valence-electron chi connectivity index (χ4n) is 3.75. The minimum absolute atomic E-state index is 0.721.